The van der Waals surface area contributed by atoms with Gasteiger partial charge in [-0.3, -0.25) is 9.48 Å². The Morgan fingerprint density at radius 2 is 2.13 bits per heavy atom. The Balaban J connectivity index is 3.14. The number of amides is 1. The van der Waals surface area contributed by atoms with E-state index >= 15 is 0 Å². The van der Waals surface area contributed by atoms with Crippen LogP contribution in [0.25, 0.3) is 0 Å². The first-order chi connectivity index (χ1) is 7.02. The van der Waals surface area contributed by atoms with Crippen LogP contribution in [0, 0.1) is 0 Å². The lowest BCUT2D eigenvalue weighted by molar-refractivity contribution is 0.0792. The van der Waals surface area contributed by atoms with Gasteiger partial charge in [-0.05, 0) is 13.3 Å². The Labute approximate surface area is 89.9 Å². The van der Waals surface area contributed by atoms with Crippen LogP contribution < -0.4 is 5.73 Å². The highest BCUT2D eigenvalue weighted by molar-refractivity contribution is 5.97. The third-order valence-electron chi connectivity index (χ3n) is 2.52. The van der Waals surface area contributed by atoms with Crippen molar-refractivity contribution >= 4 is 11.6 Å². The molecule has 0 atom stereocenters. The highest BCUT2D eigenvalue weighted by Gasteiger charge is 2.21. The van der Waals surface area contributed by atoms with Gasteiger partial charge in [-0.2, -0.15) is 5.10 Å². The molecule has 0 saturated carbocycles. The molecule has 0 saturated heterocycles. The fourth-order valence-electron chi connectivity index (χ4n) is 1.44. The maximum absolute atomic E-state index is 11.9. The second-order valence-electron chi connectivity index (χ2n) is 3.51. The van der Waals surface area contributed by atoms with Gasteiger partial charge in [0.1, 0.15) is 5.69 Å². The van der Waals surface area contributed by atoms with E-state index in [9.17, 15) is 4.79 Å². The van der Waals surface area contributed by atoms with Crippen LogP contribution in [-0.4, -0.2) is 34.2 Å². The zero-order valence-corrected chi connectivity index (χ0v) is 9.74. The molecule has 0 fully saturated rings. The van der Waals surface area contributed by atoms with Crippen molar-refractivity contribution in [3.05, 3.63) is 11.4 Å². The van der Waals surface area contributed by atoms with Crippen molar-refractivity contribution in [2.24, 2.45) is 7.05 Å². The molecule has 0 radical (unpaired) electrons. The standard InChI is InChI=1S/C10H18N4O/c1-5-7-8(11)9(14(4)12-7)10(15)13(3)6-2/h5-6,11H2,1-4H3. The maximum atomic E-state index is 11.9. The van der Waals surface area contributed by atoms with E-state index in [1.807, 2.05) is 13.8 Å². The Morgan fingerprint density at radius 1 is 1.53 bits per heavy atom. The molecule has 1 rings (SSSR count). The number of hydrogen-bond acceptors (Lipinski definition) is 3. The molecule has 0 bridgehead atoms. The third kappa shape index (κ3) is 1.95. The van der Waals surface area contributed by atoms with E-state index in [4.69, 9.17) is 5.73 Å². The van der Waals surface area contributed by atoms with Gasteiger partial charge in [0, 0.05) is 20.6 Å². The van der Waals surface area contributed by atoms with Crippen LogP contribution in [-0.2, 0) is 13.5 Å². The number of anilines is 1. The van der Waals surface area contributed by atoms with Crippen molar-refractivity contribution in [1.29, 1.82) is 0 Å². The van der Waals surface area contributed by atoms with Crippen molar-refractivity contribution in [2.75, 3.05) is 19.3 Å². The second-order valence-corrected chi connectivity index (χ2v) is 3.51. The number of nitrogens with two attached hydrogens (primary N) is 1. The number of nitrogen functional groups attached to an aromatic ring is 1. The molecule has 2 N–H and O–H groups in total. The zero-order chi connectivity index (χ0) is 11.6. The minimum Gasteiger partial charge on any atom is -0.395 e. The highest BCUT2D eigenvalue weighted by atomic mass is 16.2. The largest absolute Gasteiger partial charge is 0.395 e. The molecule has 0 aliphatic heterocycles. The van der Waals surface area contributed by atoms with Crippen molar-refractivity contribution in [2.45, 2.75) is 20.3 Å². The summed E-state index contributed by atoms with van der Waals surface area (Å²) in [6.07, 6.45) is 0.739. The smallest absolute Gasteiger partial charge is 0.274 e. The SMILES string of the molecule is CCc1nn(C)c(C(=O)N(C)CC)c1N. The fourth-order valence-corrected chi connectivity index (χ4v) is 1.44. The van der Waals surface area contributed by atoms with Crippen LogP contribution in [0.5, 0.6) is 0 Å². The second kappa shape index (κ2) is 4.33. The Bertz CT molecular complexity index is 370. The molecule has 1 heterocycles. The number of rotatable bonds is 3. The Morgan fingerprint density at radius 3 is 2.53 bits per heavy atom. The summed E-state index contributed by atoms with van der Waals surface area (Å²) in [6.45, 7) is 4.55. The van der Waals surface area contributed by atoms with Gasteiger partial charge in [0.15, 0.2) is 0 Å². The van der Waals surface area contributed by atoms with Gasteiger partial charge < -0.3 is 10.6 Å². The number of carbonyl (C=O) groups excluding carboxylic acids is 1. The molecule has 84 valence electrons. The van der Waals surface area contributed by atoms with Crippen LogP contribution in [0.4, 0.5) is 5.69 Å². The minimum atomic E-state index is -0.0790. The van der Waals surface area contributed by atoms with Crippen molar-refractivity contribution in [3.8, 4) is 0 Å². The lowest BCUT2D eigenvalue weighted by Crippen LogP contribution is -2.28. The molecular formula is C10H18N4O. The zero-order valence-electron chi connectivity index (χ0n) is 9.74. The van der Waals surface area contributed by atoms with Crippen LogP contribution in [0.2, 0.25) is 0 Å². The predicted octanol–water partition coefficient (Wildman–Crippen LogP) is 0.657. The first-order valence-corrected chi connectivity index (χ1v) is 5.09. The first-order valence-electron chi connectivity index (χ1n) is 5.09. The normalized spacial score (nSPS) is 10.4. The number of aryl methyl sites for hydroxylation is 2. The monoisotopic (exact) mass is 210 g/mol. The fraction of sp³-hybridized carbons (Fsp3) is 0.600. The van der Waals surface area contributed by atoms with E-state index in [1.54, 1.807) is 23.7 Å². The van der Waals surface area contributed by atoms with E-state index < -0.39 is 0 Å². The average molecular weight is 210 g/mol. The molecule has 1 aromatic heterocycles. The number of aromatic nitrogens is 2. The molecule has 1 amide bonds. The minimum absolute atomic E-state index is 0.0790. The Kier molecular flexibility index (Phi) is 3.34. The van der Waals surface area contributed by atoms with Gasteiger partial charge in [0.05, 0.1) is 11.4 Å². The molecule has 15 heavy (non-hydrogen) atoms. The van der Waals surface area contributed by atoms with E-state index in [-0.39, 0.29) is 5.91 Å². The molecule has 5 heteroatoms. The molecule has 0 spiro atoms. The molecule has 0 unspecified atom stereocenters. The van der Waals surface area contributed by atoms with Crippen molar-refractivity contribution < 1.29 is 4.79 Å². The topological polar surface area (TPSA) is 64.2 Å². The quantitative estimate of drug-likeness (QED) is 0.797. The summed E-state index contributed by atoms with van der Waals surface area (Å²) >= 11 is 0. The number of hydrogen-bond donors (Lipinski definition) is 1. The molecule has 0 aliphatic carbocycles. The first kappa shape index (κ1) is 11.6. The summed E-state index contributed by atoms with van der Waals surface area (Å²) in [5, 5.41) is 4.21. The third-order valence-corrected chi connectivity index (χ3v) is 2.52. The number of nitrogens with zero attached hydrogens (tertiary/aromatic N) is 3. The summed E-state index contributed by atoms with van der Waals surface area (Å²) in [7, 11) is 3.49. The van der Waals surface area contributed by atoms with Gasteiger partial charge in [-0.15, -0.1) is 0 Å². The summed E-state index contributed by atoms with van der Waals surface area (Å²) in [4.78, 5) is 13.5. The van der Waals surface area contributed by atoms with E-state index in [0.29, 0.717) is 17.9 Å². The van der Waals surface area contributed by atoms with Crippen LogP contribution >= 0.6 is 0 Å². The van der Waals surface area contributed by atoms with Gasteiger partial charge in [0.2, 0.25) is 0 Å². The molecule has 0 aromatic carbocycles. The predicted molar refractivity (Wildman–Crippen MR) is 59.6 cm³/mol. The molecule has 1 aromatic rings. The van der Waals surface area contributed by atoms with Gasteiger partial charge in [0.25, 0.3) is 5.91 Å². The average Bonchev–Trinajstić information content (AvgIpc) is 2.51. The maximum Gasteiger partial charge on any atom is 0.274 e. The molecular weight excluding hydrogens is 192 g/mol. The lowest BCUT2D eigenvalue weighted by atomic mass is 10.2. The van der Waals surface area contributed by atoms with E-state index in [2.05, 4.69) is 5.10 Å². The van der Waals surface area contributed by atoms with Crippen molar-refractivity contribution in [3.63, 3.8) is 0 Å². The number of carbonyl (C=O) groups is 1. The van der Waals surface area contributed by atoms with Crippen LogP contribution in [0.1, 0.15) is 30.0 Å². The van der Waals surface area contributed by atoms with E-state index in [0.717, 1.165) is 12.1 Å². The van der Waals surface area contributed by atoms with Gasteiger partial charge in [-0.25, -0.2) is 0 Å². The van der Waals surface area contributed by atoms with Gasteiger partial charge in [-0.1, -0.05) is 6.92 Å². The highest BCUT2D eigenvalue weighted by Crippen LogP contribution is 2.18. The Hall–Kier alpha value is -1.52. The summed E-state index contributed by atoms with van der Waals surface area (Å²) in [6, 6.07) is 0. The molecule has 0 aliphatic rings. The van der Waals surface area contributed by atoms with Crippen LogP contribution in [0.15, 0.2) is 0 Å². The summed E-state index contributed by atoms with van der Waals surface area (Å²) in [5.74, 6) is -0.0790. The van der Waals surface area contributed by atoms with Gasteiger partial charge >= 0.3 is 0 Å². The molecule has 5 nitrogen and oxygen atoms in total. The van der Waals surface area contributed by atoms with Crippen LogP contribution in [0.3, 0.4) is 0 Å². The lowest BCUT2D eigenvalue weighted by Gasteiger charge is -2.14. The van der Waals surface area contributed by atoms with Crippen molar-refractivity contribution in [1.82, 2.24) is 14.7 Å². The summed E-state index contributed by atoms with van der Waals surface area (Å²) in [5.41, 5.74) is 7.65. The van der Waals surface area contributed by atoms with E-state index in [1.165, 1.54) is 0 Å². The summed E-state index contributed by atoms with van der Waals surface area (Å²) < 4.78 is 1.56.